The predicted octanol–water partition coefficient (Wildman–Crippen LogP) is 3.67. The maximum Gasteiger partial charge on any atom is 0.259 e. The van der Waals surface area contributed by atoms with Gasteiger partial charge >= 0.3 is 0 Å². The van der Waals surface area contributed by atoms with E-state index in [9.17, 15) is 14.9 Å². The van der Waals surface area contributed by atoms with Crippen molar-refractivity contribution in [2.24, 2.45) is 0 Å². The molecule has 1 atom stereocenters. The molecule has 4 heterocycles. The molecule has 2 aliphatic rings. The number of rotatable bonds is 5. The summed E-state index contributed by atoms with van der Waals surface area (Å²) in [6.07, 6.45) is 2.82. The van der Waals surface area contributed by atoms with Crippen molar-refractivity contribution in [3.05, 3.63) is 57.9 Å². The Balaban J connectivity index is 1.37. The first kappa shape index (κ1) is 23.0. The zero-order chi connectivity index (χ0) is 24.5. The largest absolute Gasteiger partial charge is 0.496 e. The summed E-state index contributed by atoms with van der Waals surface area (Å²) in [4.78, 5) is 37.5. The van der Waals surface area contributed by atoms with E-state index in [1.165, 1.54) is 17.5 Å². The molecular weight excluding hydrogens is 466 g/mol. The minimum Gasteiger partial charge on any atom is -0.496 e. The topological polar surface area (TPSA) is 117 Å². The molecule has 0 unspecified atom stereocenters. The van der Waals surface area contributed by atoms with Gasteiger partial charge in [-0.1, -0.05) is 11.3 Å². The second kappa shape index (κ2) is 9.44. The normalized spacial score (nSPS) is 16.6. The first-order valence-corrected chi connectivity index (χ1v) is 12.0. The highest BCUT2D eigenvalue weighted by molar-refractivity contribution is 7.16. The standard InChI is InChI=1S/C25H23N5O4S/c1-14-8-16(17-9-15(10-26)5-6-20(17)33-2)18(11-27-14)23(31)29-25-28-19-12-30(13-22(19)35-25)24(32)21-4-3-7-34-21/h5-6,8-9,11,21H,3-4,7,12-13H2,1-2H3,(H,28,29,31)/t21-/m0/s1. The molecule has 178 valence electrons. The fourth-order valence-corrected chi connectivity index (χ4v) is 5.32. The van der Waals surface area contributed by atoms with Gasteiger partial charge in [-0.25, -0.2) is 4.98 Å². The Morgan fingerprint density at radius 1 is 1.29 bits per heavy atom. The number of pyridine rings is 1. The summed E-state index contributed by atoms with van der Waals surface area (Å²) in [7, 11) is 1.54. The number of carbonyl (C=O) groups is 2. The molecule has 10 heteroatoms. The quantitative estimate of drug-likeness (QED) is 0.581. The minimum absolute atomic E-state index is 0.00204. The lowest BCUT2D eigenvalue weighted by Crippen LogP contribution is -2.35. The molecule has 2 amide bonds. The first-order chi connectivity index (χ1) is 17.0. The van der Waals surface area contributed by atoms with E-state index in [0.29, 0.717) is 52.8 Å². The second-order valence-corrected chi connectivity index (χ2v) is 9.52. The summed E-state index contributed by atoms with van der Waals surface area (Å²) >= 11 is 1.36. The molecular formula is C25H23N5O4S. The molecule has 1 saturated heterocycles. The van der Waals surface area contributed by atoms with Crippen LogP contribution >= 0.6 is 11.3 Å². The molecule has 2 aromatic heterocycles. The molecule has 9 nitrogen and oxygen atoms in total. The van der Waals surface area contributed by atoms with Gasteiger partial charge in [-0.05, 0) is 44.0 Å². The summed E-state index contributed by atoms with van der Waals surface area (Å²) in [5.41, 5.74) is 3.57. The highest BCUT2D eigenvalue weighted by atomic mass is 32.1. The fourth-order valence-electron chi connectivity index (χ4n) is 4.34. The van der Waals surface area contributed by atoms with Gasteiger partial charge < -0.3 is 14.4 Å². The molecule has 0 spiro atoms. The van der Waals surface area contributed by atoms with Crippen LogP contribution in [0.2, 0.25) is 0 Å². The van der Waals surface area contributed by atoms with Crippen LogP contribution in [0.25, 0.3) is 11.1 Å². The molecule has 1 N–H and O–H groups in total. The van der Waals surface area contributed by atoms with Crippen LogP contribution in [0, 0.1) is 18.3 Å². The Bertz CT molecular complexity index is 1330. The summed E-state index contributed by atoms with van der Waals surface area (Å²) in [6, 6.07) is 8.99. The van der Waals surface area contributed by atoms with Gasteiger partial charge in [0.05, 0.1) is 48.0 Å². The number of carbonyl (C=O) groups excluding carboxylic acids is 2. The number of aryl methyl sites for hydroxylation is 1. The van der Waals surface area contributed by atoms with E-state index in [2.05, 4.69) is 21.4 Å². The molecule has 1 fully saturated rings. The second-order valence-electron chi connectivity index (χ2n) is 8.44. The van der Waals surface area contributed by atoms with Crippen molar-refractivity contribution >= 4 is 28.3 Å². The Kier molecular flexibility index (Phi) is 6.19. The molecule has 5 rings (SSSR count). The molecule has 0 saturated carbocycles. The van der Waals surface area contributed by atoms with Gasteiger partial charge in [-0.3, -0.25) is 19.9 Å². The summed E-state index contributed by atoms with van der Waals surface area (Å²) in [5.74, 6) is 0.187. The maximum atomic E-state index is 13.3. The Labute approximate surface area is 206 Å². The molecule has 35 heavy (non-hydrogen) atoms. The van der Waals surface area contributed by atoms with E-state index in [4.69, 9.17) is 9.47 Å². The zero-order valence-corrected chi connectivity index (χ0v) is 20.1. The number of ether oxygens (including phenoxy) is 2. The van der Waals surface area contributed by atoms with E-state index >= 15 is 0 Å². The van der Waals surface area contributed by atoms with Crippen molar-refractivity contribution in [2.45, 2.75) is 39.0 Å². The van der Waals surface area contributed by atoms with Crippen LogP contribution in [0.4, 0.5) is 5.13 Å². The van der Waals surface area contributed by atoms with Crippen molar-refractivity contribution in [2.75, 3.05) is 19.0 Å². The number of hydrogen-bond donors (Lipinski definition) is 1. The van der Waals surface area contributed by atoms with Crippen molar-refractivity contribution in [1.82, 2.24) is 14.9 Å². The van der Waals surface area contributed by atoms with Gasteiger partial charge in [-0.15, -0.1) is 0 Å². The lowest BCUT2D eigenvalue weighted by molar-refractivity contribution is -0.141. The lowest BCUT2D eigenvalue weighted by atomic mass is 9.97. The summed E-state index contributed by atoms with van der Waals surface area (Å²) < 4.78 is 11.0. The third kappa shape index (κ3) is 4.48. The van der Waals surface area contributed by atoms with Gasteiger partial charge in [0.15, 0.2) is 5.13 Å². The lowest BCUT2D eigenvalue weighted by Gasteiger charge is -2.19. The average molecular weight is 490 g/mol. The fraction of sp³-hybridized carbons (Fsp3) is 0.320. The highest BCUT2D eigenvalue weighted by Crippen LogP contribution is 2.35. The van der Waals surface area contributed by atoms with E-state index in [-0.39, 0.29) is 17.9 Å². The van der Waals surface area contributed by atoms with Crippen molar-refractivity contribution in [3.63, 3.8) is 0 Å². The number of fused-ring (bicyclic) bond motifs is 1. The van der Waals surface area contributed by atoms with E-state index in [1.807, 2.05) is 6.92 Å². The van der Waals surface area contributed by atoms with Crippen LogP contribution in [0.5, 0.6) is 5.75 Å². The Morgan fingerprint density at radius 3 is 2.86 bits per heavy atom. The van der Waals surface area contributed by atoms with Crippen molar-refractivity contribution in [1.29, 1.82) is 5.26 Å². The Morgan fingerprint density at radius 2 is 2.14 bits per heavy atom. The summed E-state index contributed by atoms with van der Waals surface area (Å²) in [6.45, 7) is 3.34. The van der Waals surface area contributed by atoms with Crippen molar-refractivity contribution < 1.29 is 19.1 Å². The van der Waals surface area contributed by atoms with Crippen LogP contribution in [-0.4, -0.2) is 46.5 Å². The number of aromatic nitrogens is 2. The molecule has 1 aromatic carbocycles. The van der Waals surface area contributed by atoms with Gasteiger partial charge in [-0.2, -0.15) is 5.26 Å². The van der Waals surface area contributed by atoms with Crippen LogP contribution in [0.1, 0.15) is 45.0 Å². The van der Waals surface area contributed by atoms with E-state index in [0.717, 1.165) is 29.1 Å². The summed E-state index contributed by atoms with van der Waals surface area (Å²) in [5, 5.41) is 12.7. The van der Waals surface area contributed by atoms with Gasteiger partial charge in [0.25, 0.3) is 11.8 Å². The Hall–Kier alpha value is -3.81. The number of thiazole rings is 1. The highest BCUT2D eigenvalue weighted by Gasteiger charge is 2.34. The number of anilines is 1. The number of nitrogens with one attached hydrogen (secondary N) is 1. The number of nitrogens with zero attached hydrogens (tertiary/aromatic N) is 4. The number of methoxy groups -OCH3 is 1. The molecule has 0 bridgehead atoms. The maximum absolute atomic E-state index is 13.3. The zero-order valence-electron chi connectivity index (χ0n) is 19.3. The number of nitriles is 1. The van der Waals surface area contributed by atoms with Gasteiger partial charge in [0.1, 0.15) is 11.9 Å². The third-order valence-corrected chi connectivity index (χ3v) is 7.09. The van der Waals surface area contributed by atoms with Crippen LogP contribution in [-0.2, 0) is 22.6 Å². The van der Waals surface area contributed by atoms with E-state index in [1.54, 1.807) is 36.3 Å². The number of hydrogen-bond acceptors (Lipinski definition) is 8. The molecule has 0 aliphatic carbocycles. The van der Waals surface area contributed by atoms with Gasteiger partial charge in [0, 0.05) is 29.6 Å². The monoisotopic (exact) mass is 489 g/mol. The predicted molar refractivity (Wildman–Crippen MR) is 129 cm³/mol. The first-order valence-electron chi connectivity index (χ1n) is 11.2. The van der Waals surface area contributed by atoms with Crippen LogP contribution in [0.15, 0.2) is 30.5 Å². The number of benzene rings is 1. The van der Waals surface area contributed by atoms with Crippen molar-refractivity contribution in [3.8, 4) is 22.9 Å². The van der Waals surface area contributed by atoms with Gasteiger partial charge in [0.2, 0.25) is 0 Å². The third-order valence-electron chi connectivity index (χ3n) is 6.09. The SMILES string of the molecule is COc1ccc(C#N)cc1-c1cc(C)ncc1C(=O)Nc1nc2c(s1)CN(C(=O)[C@@H]1CCCO1)C2. The molecule has 2 aliphatic heterocycles. The van der Waals surface area contributed by atoms with Crippen LogP contribution in [0.3, 0.4) is 0 Å². The smallest absolute Gasteiger partial charge is 0.259 e. The number of amides is 2. The average Bonchev–Trinajstić information content (AvgIpc) is 3.60. The molecule has 0 radical (unpaired) electrons. The van der Waals surface area contributed by atoms with Crippen LogP contribution < -0.4 is 10.1 Å². The molecule has 3 aromatic rings. The van der Waals surface area contributed by atoms with E-state index < -0.39 is 0 Å². The minimum atomic E-state index is -0.364.